The fraction of sp³-hybridized carbons (Fsp3) is 0.556. The molecule has 0 amide bonds. The van der Waals surface area contributed by atoms with Crippen LogP contribution in [0.5, 0.6) is 11.5 Å². The molecule has 0 spiro atoms. The summed E-state index contributed by atoms with van der Waals surface area (Å²) < 4.78 is 16.4. The first-order valence-electron chi connectivity index (χ1n) is 7.76. The van der Waals surface area contributed by atoms with Crippen molar-refractivity contribution in [3.63, 3.8) is 0 Å². The highest BCUT2D eigenvalue weighted by atomic mass is 16.7. The quantitative estimate of drug-likeness (QED) is 0.579. The molecule has 1 atom stereocenters. The molecule has 2 aliphatic rings. The van der Waals surface area contributed by atoms with E-state index >= 15 is 0 Å². The van der Waals surface area contributed by atoms with Crippen LogP contribution in [0.2, 0.25) is 0 Å². The molecule has 1 saturated heterocycles. The molecular weight excluding hydrogens is 264 g/mol. The van der Waals surface area contributed by atoms with Gasteiger partial charge in [0.1, 0.15) is 0 Å². The maximum absolute atomic E-state index is 5.62. The Balaban J connectivity index is 1.43. The third kappa shape index (κ3) is 3.59. The van der Waals surface area contributed by atoms with E-state index in [-0.39, 0.29) is 5.60 Å². The van der Waals surface area contributed by atoms with E-state index in [9.17, 15) is 0 Å². The molecule has 114 valence electrons. The second-order valence-electron chi connectivity index (χ2n) is 6.53. The van der Waals surface area contributed by atoms with Gasteiger partial charge in [-0.15, -0.1) is 0 Å². The third-order valence-electron chi connectivity index (χ3n) is 4.33. The van der Waals surface area contributed by atoms with Gasteiger partial charge in [0.15, 0.2) is 11.5 Å². The number of hydrogen-bond acceptors (Lipinski definition) is 3. The van der Waals surface area contributed by atoms with Gasteiger partial charge in [0, 0.05) is 0 Å². The molecule has 0 aromatic heterocycles. The van der Waals surface area contributed by atoms with Crippen molar-refractivity contribution < 1.29 is 14.2 Å². The van der Waals surface area contributed by atoms with Gasteiger partial charge in [-0.25, -0.2) is 0 Å². The Morgan fingerprint density at radius 3 is 2.81 bits per heavy atom. The van der Waals surface area contributed by atoms with Crippen molar-refractivity contribution in [1.82, 2.24) is 0 Å². The summed E-state index contributed by atoms with van der Waals surface area (Å²) >= 11 is 0. The molecule has 0 N–H and O–H groups in total. The standard InChI is InChI=1S/C18H24O3/c1-13(7-10-17-18(2,3)21-17)5-4-6-14-8-9-15-16(11-14)20-12-19-15/h5,8-9,11,17H,4,6-7,10,12H2,1-3H3. The lowest BCUT2D eigenvalue weighted by Crippen LogP contribution is -2.02. The highest BCUT2D eigenvalue weighted by Crippen LogP contribution is 2.39. The lowest BCUT2D eigenvalue weighted by atomic mass is 10.0. The van der Waals surface area contributed by atoms with Gasteiger partial charge in [0.25, 0.3) is 0 Å². The maximum Gasteiger partial charge on any atom is 0.231 e. The summed E-state index contributed by atoms with van der Waals surface area (Å²) in [5.74, 6) is 1.74. The van der Waals surface area contributed by atoms with Crippen molar-refractivity contribution in [2.75, 3.05) is 6.79 Å². The number of ether oxygens (including phenoxy) is 3. The molecule has 3 heteroatoms. The summed E-state index contributed by atoms with van der Waals surface area (Å²) in [6.45, 7) is 6.89. The van der Waals surface area contributed by atoms with Crippen molar-refractivity contribution in [2.45, 2.75) is 58.2 Å². The first-order valence-corrected chi connectivity index (χ1v) is 7.76. The van der Waals surface area contributed by atoms with E-state index in [1.54, 1.807) is 0 Å². The first kappa shape index (κ1) is 14.5. The zero-order chi connectivity index (χ0) is 14.9. The van der Waals surface area contributed by atoms with Crippen LogP contribution < -0.4 is 9.47 Å². The van der Waals surface area contributed by atoms with Crippen LogP contribution in [0.1, 0.15) is 45.6 Å². The summed E-state index contributed by atoms with van der Waals surface area (Å²) in [6.07, 6.45) is 7.18. The van der Waals surface area contributed by atoms with Crippen molar-refractivity contribution in [1.29, 1.82) is 0 Å². The molecule has 0 aliphatic carbocycles. The van der Waals surface area contributed by atoms with Crippen LogP contribution in [0.3, 0.4) is 0 Å². The van der Waals surface area contributed by atoms with E-state index in [0.29, 0.717) is 12.9 Å². The largest absolute Gasteiger partial charge is 0.454 e. The summed E-state index contributed by atoms with van der Waals surface area (Å²) in [4.78, 5) is 0. The predicted molar refractivity (Wildman–Crippen MR) is 82.8 cm³/mol. The molecule has 3 nitrogen and oxygen atoms in total. The minimum absolute atomic E-state index is 0.118. The topological polar surface area (TPSA) is 31.0 Å². The van der Waals surface area contributed by atoms with Crippen LogP contribution >= 0.6 is 0 Å². The van der Waals surface area contributed by atoms with Crippen molar-refractivity contribution >= 4 is 0 Å². The molecule has 21 heavy (non-hydrogen) atoms. The highest BCUT2D eigenvalue weighted by molar-refractivity contribution is 5.44. The SMILES string of the molecule is CC(=CCCc1ccc2c(c1)OCO2)CCC1OC1(C)C. The van der Waals surface area contributed by atoms with Gasteiger partial charge in [-0.2, -0.15) is 0 Å². The zero-order valence-electron chi connectivity index (χ0n) is 13.1. The van der Waals surface area contributed by atoms with Crippen molar-refractivity contribution in [3.05, 3.63) is 35.4 Å². The second-order valence-corrected chi connectivity index (χ2v) is 6.53. The number of fused-ring (bicyclic) bond motifs is 1. The molecule has 0 saturated carbocycles. The van der Waals surface area contributed by atoms with Crippen LogP contribution in [-0.4, -0.2) is 18.5 Å². The molecule has 1 aromatic carbocycles. The van der Waals surface area contributed by atoms with Gasteiger partial charge in [-0.3, -0.25) is 0 Å². The van der Waals surface area contributed by atoms with Gasteiger partial charge in [-0.1, -0.05) is 17.7 Å². The van der Waals surface area contributed by atoms with E-state index in [1.807, 2.05) is 6.07 Å². The molecule has 3 rings (SSSR count). The van der Waals surface area contributed by atoms with Crippen LogP contribution in [0.25, 0.3) is 0 Å². The number of hydrogen-bond donors (Lipinski definition) is 0. The lowest BCUT2D eigenvalue weighted by Gasteiger charge is -2.03. The van der Waals surface area contributed by atoms with Gasteiger partial charge in [0.05, 0.1) is 11.7 Å². The number of rotatable bonds is 6. The first-order chi connectivity index (χ1) is 10.0. The lowest BCUT2D eigenvalue weighted by molar-refractivity contribution is 0.174. The summed E-state index contributed by atoms with van der Waals surface area (Å²) in [6, 6.07) is 6.21. The molecular formula is C18H24O3. The molecule has 0 bridgehead atoms. The minimum atomic E-state index is 0.118. The average Bonchev–Trinajstić information content (AvgIpc) is 2.86. The van der Waals surface area contributed by atoms with E-state index in [4.69, 9.17) is 14.2 Å². The monoisotopic (exact) mass is 288 g/mol. The molecule has 1 unspecified atom stereocenters. The molecule has 0 radical (unpaired) electrons. The third-order valence-corrected chi connectivity index (χ3v) is 4.33. The van der Waals surface area contributed by atoms with Gasteiger partial charge < -0.3 is 14.2 Å². The fourth-order valence-electron chi connectivity index (χ4n) is 2.78. The smallest absolute Gasteiger partial charge is 0.231 e. The number of aryl methyl sites for hydroxylation is 1. The Morgan fingerprint density at radius 1 is 1.29 bits per heavy atom. The Bertz CT molecular complexity index is 545. The van der Waals surface area contributed by atoms with Crippen LogP contribution in [0.15, 0.2) is 29.8 Å². The predicted octanol–water partition coefficient (Wildman–Crippen LogP) is 4.25. The van der Waals surface area contributed by atoms with E-state index < -0.39 is 0 Å². The highest BCUT2D eigenvalue weighted by Gasteiger charge is 2.46. The van der Waals surface area contributed by atoms with Crippen molar-refractivity contribution in [3.8, 4) is 11.5 Å². The Kier molecular flexibility index (Phi) is 3.94. The minimum Gasteiger partial charge on any atom is -0.454 e. The van der Waals surface area contributed by atoms with Gasteiger partial charge in [-0.05, 0) is 64.2 Å². The number of allylic oxidation sites excluding steroid dienone is 2. The Morgan fingerprint density at radius 2 is 2.05 bits per heavy atom. The Labute approximate surface area is 126 Å². The summed E-state index contributed by atoms with van der Waals surface area (Å²) in [5.41, 5.74) is 2.88. The summed E-state index contributed by atoms with van der Waals surface area (Å²) in [5, 5.41) is 0. The maximum atomic E-state index is 5.62. The van der Waals surface area contributed by atoms with Crippen molar-refractivity contribution in [2.24, 2.45) is 0 Å². The molecule has 2 aliphatic heterocycles. The van der Waals surface area contributed by atoms with Gasteiger partial charge in [0.2, 0.25) is 6.79 Å². The number of epoxide rings is 1. The Hall–Kier alpha value is -1.48. The van der Waals surface area contributed by atoms with E-state index in [1.165, 1.54) is 11.1 Å². The fourth-order valence-corrected chi connectivity index (χ4v) is 2.78. The van der Waals surface area contributed by atoms with Crippen LogP contribution in [-0.2, 0) is 11.2 Å². The van der Waals surface area contributed by atoms with E-state index in [2.05, 4.69) is 39.0 Å². The summed E-state index contributed by atoms with van der Waals surface area (Å²) in [7, 11) is 0. The average molecular weight is 288 g/mol. The zero-order valence-corrected chi connectivity index (χ0v) is 13.1. The van der Waals surface area contributed by atoms with E-state index in [0.717, 1.165) is 37.2 Å². The number of benzene rings is 1. The normalized spacial score (nSPS) is 22.4. The molecule has 1 aromatic rings. The van der Waals surface area contributed by atoms with Gasteiger partial charge >= 0.3 is 0 Å². The van der Waals surface area contributed by atoms with Crippen LogP contribution in [0, 0.1) is 0 Å². The molecule has 2 heterocycles. The van der Waals surface area contributed by atoms with Crippen LogP contribution in [0.4, 0.5) is 0 Å². The second kappa shape index (κ2) is 5.72. The molecule has 1 fully saturated rings.